The first kappa shape index (κ1) is 22.1. The van der Waals surface area contributed by atoms with Crippen LogP contribution >= 0.6 is 11.8 Å². The van der Waals surface area contributed by atoms with E-state index in [0.29, 0.717) is 36.0 Å². The molecule has 0 radical (unpaired) electrons. The summed E-state index contributed by atoms with van der Waals surface area (Å²) in [6, 6.07) is 5.51. The number of morpholine rings is 1. The van der Waals surface area contributed by atoms with Gasteiger partial charge in [-0.3, -0.25) is 4.79 Å². The van der Waals surface area contributed by atoms with Crippen LogP contribution in [0.5, 0.6) is 5.88 Å². The number of ether oxygens (including phenoxy) is 2. The number of hydrogen-bond acceptors (Lipinski definition) is 6. The van der Waals surface area contributed by atoms with Crippen molar-refractivity contribution in [3.05, 3.63) is 60.4 Å². The predicted molar refractivity (Wildman–Crippen MR) is 106 cm³/mol. The van der Waals surface area contributed by atoms with Gasteiger partial charge in [0.2, 0.25) is 5.88 Å². The summed E-state index contributed by atoms with van der Waals surface area (Å²) >= 11 is 1.43. The van der Waals surface area contributed by atoms with Gasteiger partial charge < -0.3 is 14.4 Å². The SMILES string of the molecule is C=CCSc1ncccc1C(=O)N1CCOC(COc2ccc(C(F)(F)F)cn2)C1. The van der Waals surface area contributed by atoms with E-state index in [-0.39, 0.29) is 18.4 Å². The van der Waals surface area contributed by atoms with Crippen molar-refractivity contribution >= 4 is 17.7 Å². The molecule has 6 nitrogen and oxygen atoms in total. The maximum absolute atomic E-state index is 13.0. The lowest BCUT2D eigenvalue weighted by atomic mass is 10.2. The largest absolute Gasteiger partial charge is 0.475 e. The van der Waals surface area contributed by atoms with Gasteiger partial charge in [0.05, 0.1) is 24.3 Å². The Balaban J connectivity index is 1.59. The van der Waals surface area contributed by atoms with Crippen molar-refractivity contribution < 1.29 is 27.4 Å². The first-order chi connectivity index (χ1) is 14.4. The van der Waals surface area contributed by atoms with Gasteiger partial charge in [-0.05, 0) is 18.2 Å². The van der Waals surface area contributed by atoms with E-state index in [9.17, 15) is 18.0 Å². The molecule has 0 bridgehead atoms. The van der Waals surface area contributed by atoms with Gasteiger partial charge >= 0.3 is 6.18 Å². The van der Waals surface area contributed by atoms with E-state index in [2.05, 4.69) is 16.5 Å². The number of amides is 1. The topological polar surface area (TPSA) is 64.6 Å². The molecule has 0 saturated carbocycles. The molecule has 1 aliphatic heterocycles. The second-order valence-electron chi connectivity index (χ2n) is 6.39. The summed E-state index contributed by atoms with van der Waals surface area (Å²) in [6.07, 6.45) is -0.779. The lowest BCUT2D eigenvalue weighted by Gasteiger charge is -2.33. The van der Waals surface area contributed by atoms with E-state index in [1.807, 2.05) is 0 Å². The van der Waals surface area contributed by atoms with E-state index >= 15 is 0 Å². The van der Waals surface area contributed by atoms with E-state index in [1.165, 1.54) is 11.8 Å². The Morgan fingerprint density at radius 1 is 1.37 bits per heavy atom. The van der Waals surface area contributed by atoms with Crippen LogP contribution in [0.25, 0.3) is 0 Å². The Morgan fingerprint density at radius 2 is 2.20 bits per heavy atom. The second kappa shape index (κ2) is 9.94. The molecule has 0 aliphatic carbocycles. The first-order valence-corrected chi connectivity index (χ1v) is 10.1. The number of pyridine rings is 2. The molecule has 0 aromatic carbocycles. The average molecular weight is 439 g/mol. The number of rotatable bonds is 7. The van der Waals surface area contributed by atoms with Crippen LogP contribution in [0.2, 0.25) is 0 Å². The van der Waals surface area contributed by atoms with Gasteiger partial charge in [-0.15, -0.1) is 18.3 Å². The number of nitrogens with zero attached hydrogens (tertiary/aromatic N) is 3. The fourth-order valence-electron chi connectivity index (χ4n) is 2.79. The van der Waals surface area contributed by atoms with Crippen LogP contribution in [0.15, 0.2) is 54.3 Å². The minimum absolute atomic E-state index is 0.0606. The highest BCUT2D eigenvalue weighted by Crippen LogP contribution is 2.29. The van der Waals surface area contributed by atoms with Crippen LogP contribution in [0.3, 0.4) is 0 Å². The third-order valence-electron chi connectivity index (χ3n) is 4.25. The van der Waals surface area contributed by atoms with Crippen molar-refractivity contribution in [2.24, 2.45) is 0 Å². The predicted octanol–water partition coefficient (Wildman–Crippen LogP) is 3.69. The zero-order valence-corrected chi connectivity index (χ0v) is 16.8. The molecule has 3 rings (SSSR count). The van der Waals surface area contributed by atoms with Crippen molar-refractivity contribution in [1.29, 1.82) is 0 Å². The highest BCUT2D eigenvalue weighted by molar-refractivity contribution is 7.99. The smallest absolute Gasteiger partial charge is 0.417 e. The molecule has 1 fully saturated rings. The van der Waals surface area contributed by atoms with Crippen molar-refractivity contribution in [3.8, 4) is 5.88 Å². The average Bonchev–Trinajstić information content (AvgIpc) is 2.76. The summed E-state index contributed by atoms with van der Waals surface area (Å²) in [5.74, 6) is 0.540. The molecule has 0 N–H and O–H groups in total. The molecule has 30 heavy (non-hydrogen) atoms. The third-order valence-corrected chi connectivity index (χ3v) is 5.25. The first-order valence-electron chi connectivity index (χ1n) is 9.14. The zero-order valence-electron chi connectivity index (χ0n) is 16.0. The number of carbonyl (C=O) groups is 1. The van der Waals surface area contributed by atoms with Crippen LogP contribution in [0.4, 0.5) is 13.2 Å². The number of aromatic nitrogens is 2. The fourth-order valence-corrected chi connectivity index (χ4v) is 3.52. The van der Waals surface area contributed by atoms with E-state index in [4.69, 9.17) is 9.47 Å². The van der Waals surface area contributed by atoms with Crippen LogP contribution in [0, 0.1) is 0 Å². The Bertz CT molecular complexity index is 878. The van der Waals surface area contributed by atoms with Gasteiger partial charge in [0.15, 0.2) is 0 Å². The quantitative estimate of drug-likeness (QED) is 0.484. The Hall–Kier alpha value is -2.59. The van der Waals surface area contributed by atoms with Crippen molar-refractivity contribution in [1.82, 2.24) is 14.9 Å². The molecule has 160 valence electrons. The highest BCUT2D eigenvalue weighted by atomic mass is 32.2. The molecule has 1 amide bonds. The van der Waals surface area contributed by atoms with E-state index < -0.39 is 17.8 Å². The van der Waals surface area contributed by atoms with E-state index in [0.717, 1.165) is 18.3 Å². The molecule has 2 aromatic rings. The summed E-state index contributed by atoms with van der Waals surface area (Å²) in [4.78, 5) is 22.6. The monoisotopic (exact) mass is 439 g/mol. The van der Waals surface area contributed by atoms with Crippen LogP contribution in [0.1, 0.15) is 15.9 Å². The second-order valence-corrected chi connectivity index (χ2v) is 7.40. The molecule has 0 spiro atoms. The molecule has 1 aliphatic rings. The maximum atomic E-state index is 13.0. The van der Waals surface area contributed by atoms with Gasteiger partial charge in [0, 0.05) is 30.8 Å². The van der Waals surface area contributed by atoms with Crippen molar-refractivity contribution in [3.63, 3.8) is 0 Å². The van der Waals surface area contributed by atoms with Gasteiger partial charge in [-0.25, -0.2) is 9.97 Å². The molecule has 1 saturated heterocycles. The van der Waals surface area contributed by atoms with Crippen LogP contribution in [-0.4, -0.2) is 58.9 Å². The number of halogens is 3. The Kier molecular flexibility index (Phi) is 7.33. The Labute approximate surface area is 176 Å². The number of carbonyl (C=O) groups excluding carboxylic acids is 1. The number of thioether (sulfide) groups is 1. The minimum atomic E-state index is -4.45. The zero-order chi connectivity index (χ0) is 21.6. The van der Waals surface area contributed by atoms with Gasteiger partial charge in [0.1, 0.15) is 17.7 Å². The summed E-state index contributed by atoms with van der Waals surface area (Å²) < 4.78 is 48.9. The number of hydrogen-bond donors (Lipinski definition) is 0. The maximum Gasteiger partial charge on any atom is 0.417 e. The number of alkyl halides is 3. The van der Waals surface area contributed by atoms with Crippen LogP contribution < -0.4 is 4.74 Å². The standard InChI is InChI=1S/C20H20F3N3O3S/c1-2-10-30-18-16(4-3-7-24-18)19(27)26-8-9-28-15(12-26)13-29-17-6-5-14(11-25-17)20(21,22)23/h2-7,11,15H,1,8-10,12-13H2. The van der Waals surface area contributed by atoms with E-state index in [1.54, 1.807) is 29.3 Å². The molecule has 2 aromatic heterocycles. The third kappa shape index (κ3) is 5.73. The summed E-state index contributed by atoms with van der Waals surface area (Å²) in [6.45, 7) is 4.79. The highest BCUT2D eigenvalue weighted by Gasteiger charge is 2.31. The van der Waals surface area contributed by atoms with Crippen LogP contribution in [-0.2, 0) is 10.9 Å². The molecule has 10 heteroatoms. The van der Waals surface area contributed by atoms with Gasteiger partial charge in [-0.2, -0.15) is 13.2 Å². The molecule has 3 heterocycles. The lowest BCUT2D eigenvalue weighted by Crippen LogP contribution is -2.47. The normalized spacial score (nSPS) is 16.9. The summed E-state index contributed by atoms with van der Waals surface area (Å²) in [5, 5.41) is 0.635. The van der Waals surface area contributed by atoms with Crippen molar-refractivity contribution in [2.75, 3.05) is 32.1 Å². The molecular weight excluding hydrogens is 419 g/mol. The van der Waals surface area contributed by atoms with Gasteiger partial charge in [0.25, 0.3) is 5.91 Å². The lowest BCUT2D eigenvalue weighted by molar-refractivity contribution is -0.137. The summed E-state index contributed by atoms with van der Waals surface area (Å²) in [7, 11) is 0. The minimum Gasteiger partial charge on any atom is -0.475 e. The molecule has 1 unspecified atom stereocenters. The molecular formula is C20H20F3N3O3S. The summed E-state index contributed by atoms with van der Waals surface area (Å²) in [5.41, 5.74) is -0.336. The van der Waals surface area contributed by atoms with Gasteiger partial charge in [-0.1, -0.05) is 6.08 Å². The van der Waals surface area contributed by atoms with Crippen molar-refractivity contribution in [2.45, 2.75) is 17.3 Å². The Morgan fingerprint density at radius 3 is 2.90 bits per heavy atom. The molecule has 1 atom stereocenters. The fraction of sp³-hybridized carbons (Fsp3) is 0.350.